The van der Waals surface area contributed by atoms with Gasteiger partial charge in [-0.05, 0) is 58.1 Å². The number of alkyl halides is 1. The highest BCUT2D eigenvalue weighted by atomic mass is 79.9. The van der Waals surface area contributed by atoms with Crippen molar-refractivity contribution in [2.24, 2.45) is 0 Å². The van der Waals surface area contributed by atoms with Gasteiger partial charge in [-0.3, -0.25) is 0 Å². The summed E-state index contributed by atoms with van der Waals surface area (Å²) in [5.74, 6) is 1.05. The number of halogens is 2. The van der Waals surface area contributed by atoms with Crippen molar-refractivity contribution in [3.63, 3.8) is 0 Å². The Balaban J connectivity index is 1.92. The van der Waals surface area contributed by atoms with Gasteiger partial charge in [0.2, 0.25) is 0 Å². The first-order valence-electron chi connectivity index (χ1n) is 5.89. The monoisotopic (exact) mass is 386 g/mol. The normalized spacial score (nSPS) is 15.9. The molecule has 0 saturated heterocycles. The van der Waals surface area contributed by atoms with E-state index in [4.69, 9.17) is 4.74 Å². The molecule has 94 valence electrons. The third kappa shape index (κ3) is 2.51. The van der Waals surface area contributed by atoms with Gasteiger partial charge in [0, 0.05) is 4.88 Å². The quantitative estimate of drug-likeness (QED) is 0.633. The highest BCUT2D eigenvalue weighted by Gasteiger charge is 2.16. The van der Waals surface area contributed by atoms with Crippen LogP contribution in [0.2, 0.25) is 0 Å². The van der Waals surface area contributed by atoms with E-state index in [-0.39, 0.29) is 4.83 Å². The van der Waals surface area contributed by atoms with E-state index in [0.717, 1.165) is 25.2 Å². The van der Waals surface area contributed by atoms with Crippen LogP contribution >= 0.6 is 43.2 Å². The van der Waals surface area contributed by atoms with Crippen LogP contribution in [0.1, 0.15) is 27.3 Å². The average molecular weight is 388 g/mol. The average Bonchev–Trinajstić information content (AvgIpc) is 2.84. The molecule has 0 fully saturated rings. The fourth-order valence-electron chi connectivity index (χ4n) is 2.17. The van der Waals surface area contributed by atoms with Crippen LogP contribution in [0.25, 0.3) is 0 Å². The molecule has 4 heteroatoms. The van der Waals surface area contributed by atoms with E-state index in [2.05, 4.69) is 62.2 Å². The van der Waals surface area contributed by atoms with Crippen molar-refractivity contribution in [1.29, 1.82) is 0 Å². The molecule has 0 N–H and O–H groups in total. The standard InChI is InChI=1S/C14H12Br2OS/c15-13-6-5-12(18-13)14(16)10-3-4-11-9(8-10)2-1-7-17-11/h3-6,8,14H,1-2,7H2. The fourth-order valence-corrected chi connectivity index (χ4v) is 4.31. The molecule has 2 aromatic rings. The van der Waals surface area contributed by atoms with E-state index in [9.17, 15) is 0 Å². The van der Waals surface area contributed by atoms with E-state index in [1.54, 1.807) is 11.3 Å². The highest BCUT2D eigenvalue weighted by Crippen LogP contribution is 2.38. The number of thiophene rings is 1. The molecule has 0 bridgehead atoms. The number of benzene rings is 1. The maximum absolute atomic E-state index is 5.65. The summed E-state index contributed by atoms with van der Waals surface area (Å²) in [6.07, 6.45) is 2.24. The molecule has 0 spiro atoms. The van der Waals surface area contributed by atoms with Crippen LogP contribution < -0.4 is 4.74 Å². The molecule has 1 unspecified atom stereocenters. The summed E-state index contributed by atoms with van der Waals surface area (Å²) in [4.78, 5) is 1.58. The predicted octanol–water partition coefficient (Wildman–Crippen LogP) is 5.32. The zero-order chi connectivity index (χ0) is 12.5. The first-order chi connectivity index (χ1) is 8.74. The predicted molar refractivity (Wildman–Crippen MR) is 83.0 cm³/mol. The summed E-state index contributed by atoms with van der Waals surface area (Å²) in [7, 11) is 0. The molecule has 0 aliphatic carbocycles. The summed E-state index contributed by atoms with van der Waals surface area (Å²) in [6, 6.07) is 10.8. The minimum Gasteiger partial charge on any atom is -0.493 e. The zero-order valence-electron chi connectivity index (χ0n) is 9.66. The van der Waals surface area contributed by atoms with E-state index >= 15 is 0 Å². The molecule has 2 heterocycles. The summed E-state index contributed by atoms with van der Waals surface area (Å²) >= 11 is 9.06. The molecular weight excluding hydrogens is 376 g/mol. The Kier molecular flexibility index (Phi) is 3.78. The molecule has 0 radical (unpaired) electrons. The molecule has 0 saturated carbocycles. The van der Waals surface area contributed by atoms with Crippen LogP contribution in [-0.2, 0) is 6.42 Å². The smallest absolute Gasteiger partial charge is 0.122 e. The minimum absolute atomic E-state index is 0.265. The zero-order valence-corrected chi connectivity index (χ0v) is 13.6. The second kappa shape index (κ2) is 5.35. The Morgan fingerprint density at radius 2 is 2.11 bits per heavy atom. The van der Waals surface area contributed by atoms with E-state index in [0.29, 0.717) is 0 Å². The van der Waals surface area contributed by atoms with Crippen molar-refractivity contribution in [3.8, 4) is 5.75 Å². The van der Waals surface area contributed by atoms with Crippen molar-refractivity contribution in [2.45, 2.75) is 17.7 Å². The highest BCUT2D eigenvalue weighted by molar-refractivity contribution is 9.11. The molecule has 0 amide bonds. The maximum atomic E-state index is 5.65. The van der Waals surface area contributed by atoms with Crippen LogP contribution in [0.4, 0.5) is 0 Å². The number of hydrogen-bond donors (Lipinski definition) is 0. The van der Waals surface area contributed by atoms with Gasteiger partial charge in [-0.25, -0.2) is 0 Å². The fraction of sp³-hybridized carbons (Fsp3) is 0.286. The van der Waals surface area contributed by atoms with Gasteiger partial charge < -0.3 is 4.74 Å². The lowest BCUT2D eigenvalue weighted by molar-refractivity contribution is 0.288. The molecule has 1 aromatic carbocycles. The lowest BCUT2D eigenvalue weighted by Crippen LogP contribution is -2.08. The lowest BCUT2D eigenvalue weighted by atomic mass is 10.0. The van der Waals surface area contributed by atoms with Crippen molar-refractivity contribution in [1.82, 2.24) is 0 Å². The summed E-state index contributed by atoms with van der Waals surface area (Å²) < 4.78 is 6.82. The van der Waals surface area contributed by atoms with Crippen molar-refractivity contribution >= 4 is 43.2 Å². The molecule has 1 aliphatic rings. The van der Waals surface area contributed by atoms with Gasteiger partial charge >= 0.3 is 0 Å². The van der Waals surface area contributed by atoms with Gasteiger partial charge in [0.1, 0.15) is 5.75 Å². The van der Waals surface area contributed by atoms with Gasteiger partial charge in [-0.2, -0.15) is 0 Å². The number of ether oxygens (including phenoxy) is 1. The van der Waals surface area contributed by atoms with E-state index in [1.807, 2.05) is 0 Å². The van der Waals surface area contributed by atoms with Gasteiger partial charge in [0.15, 0.2) is 0 Å². The van der Waals surface area contributed by atoms with Crippen LogP contribution in [0.15, 0.2) is 34.1 Å². The minimum atomic E-state index is 0.265. The van der Waals surface area contributed by atoms with E-state index in [1.165, 1.54) is 19.8 Å². The Morgan fingerprint density at radius 3 is 2.89 bits per heavy atom. The van der Waals surface area contributed by atoms with Gasteiger partial charge in [0.05, 0.1) is 15.2 Å². The Morgan fingerprint density at radius 1 is 1.22 bits per heavy atom. The molecule has 1 atom stereocenters. The van der Waals surface area contributed by atoms with Gasteiger partial charge in [-0.15, -0.1) is 11.3 Å². The lowest BCUT2D eigenvalue weighted by Gasteiger charge is -2.19. The summed E-state index contributed by atoms with van der Waals surface area (Å²) in [5.41, 5.74) is 2.63. The summed E-state index contributed by atoms with van der Waals surface area (Å²) in [5, 5.41) is 0. The van der Waals surface area contributed by atoms with Gasteiger partial charge in [0.25, 0.3) is 0 Å². The first kappa shape index (κ1) is 12.7. The SMILES string of the molecule is Brc1ccc(C(Br)c2ccc3c(c2)CCCO3)s1. The second-order valence-electron chi connectivity index (χ2n) is 4.32. The molecule has 18 heavy (non-hydrogen) atoms. The molecule has 3 rings (SSSR count). The first-order valence-corrected chi connectivity index (χ1v) is 8.41. The third-order valence-corrected chi connectivity index (χ3v) is 6.08. The Hall–Kier alpha value is -0.320. The molecule has 1 aliphatic heterocycles. The Bertz CT molecular complexity index is 565. The Labute approximate surface area is 127 Å². The number of rotatable bonds is 2. The van der Waals surface area contributed by atoms with Crippen molar-refractivity contribution in [2.75, 3.05) is 6.61 Å². The number of fused-ring (bicyclic) bond motifs is 1. The van der Waals surface area contributed by atoms with Crippen LogP contribution in [0, 0.1) is 0 Å². The van der Waals surface area contributed by atoms with Crippen LogP contribution in [0.3, 0.4) is 0 Å². The molecule has 1 aromatic heterocycles. The van der Waals surface area contributed by atoms with E-state index < -0.39 is 0 Å². The number of aryl methyl sites for hydroxylation is 1. The van der Waals surface area contributed by atoms with Gasteiger partial charge in [-0.1, -0.05) is 28.1 Å². The maximum Gasteiger partial charge on any atom is 0.122 e. The molecule has 1 nitrogen and oxygen atoms in total. The van der Waals surface area contributed by atoms with Crippen molar-refractivity contribution in [3.05, 3.63) is 50.1 Å². The number of hydrogen-bond acceptors (Lipinski definition) is 2. The summed E-state index contributed by atoms with van der Waals surface area (Å²) in [6.45, 7) is 0.849. The molecular formula is C14H12Br2OS. The van der Waals surface area contributed by atoms with Crippen LogP contribution in [0.5, 0.6) is 5.75 Å². The largest absolute Gasteiger partial charge is 0.493 e. The van der Waals surface area contributed by atoms with Crippen LogP contribution in [-0.4, -0.2) is 6.61 Å². The second-order valence-corrected chi connectivity index (χ2v) is 7.73. The topological polar surface area (TPSA) is 9.23 Å². The van der Waals surface area contributed by atoms with Crippen molar-refractivity contribution < 1.29 is 4.74 Å². The third-order valence-electron chi connectivity index (χ3n) is 3.07.